The summed E-state index contributed by atoms with van der Waals surface area (Å²) in [7, 11) is 1.60. The molecular formula is C15H21BrN4O3S. The van der Waals surface area contributed by atoms with Crippen molar-refractivity contribution in [3.05, 3.63) is 34.3 Å². The molecular weight excluding hydrogens is 396 g/mol. The van der Waals surface area contributed by atoms with E-state index in [4.69, 9.17) is 17.0 Å². The number of methoxy groups -OCH3 is 1. The van der Waals surface area contributed by atoms with Crippen LogP contribution in [0.1, 0.15) is 23.7 Å². The molecule has 1 atom stereocenters. The van der Waals surface area contributed by atoms with Crippen LogP contribution >= 0.6 is 28.1 Å². The highest BCUT2D eigenvalue weighted by molar-refractivity contribution is 9.10. The third-order valence-corrected chi connectivity index (χ3v) is 3.60. The number of thiocarbonyl (C=S) groups is 1. The van der Waals surface area contributed by atoms with E-state index in [-0.39, 0.29) is 30.8 Å². The van der Waals surface area contributed by atoms with E-state index in [1.807, 2.05) is 6.92 Å². The molecule has 0 radical (unpaired) electrons. The lowest BCUT2D eigenvalue weighted by Crippen LogP contribution is -2.50. The molecule has 0 saturated heterocycles. The Morgan fingerprint density at radius 3 is 2.54 bits per heavy atom. The first-order valence-corrected chi connectivity index (χ1v) is 8.50. The zero-order valence-electron chi connectivity index (χ0n) is 13.5. The molecule has 24 heavy (non-hydrogen) atoms. The quantitative estimate of drug-likeness (QED) is 0.393. The lowest BCUT2D eigenvalue weighted by molar-refractivity contribution is -0.121. The summed E-state index contributed by atoms with van der Waals surface area (Å²) in [6, 6.07) is 6.99. The number of rotatable bonds is 7. The van der Waals surface area contributed by atoms with Gasteiger partial charge in [-0.25, -0.2) is 0 Å². The van der Waals surface area contributed by atoms with E-state index in [2.05, 4.69) is 37.4 Å². The van der Waals surface area contributed by atoms with Crippen LogP contribution < -0.4 is 21.5 Å². The Morgan fingerprint density at radius 2 is 1.92 bits per heavy atom. The molecule has 7 nitrogen and oxygen atoms in total. The number of carbonyl (C=O) groups excluding carboxylic acids is 2. The zero-order chi connectivity index (χ0) is 17.9. The third kappa shape index (κ3) is 8.23. The van der Waals surface area contributed by atoms with Gasteiger partial charge >= 0.3 is 0 Å². The molecule has 0 bridgehead atoms. The molecule has 1 aromatic carbocycles. The highest BCUT2D eigenvalue weighted by Gasteiger charge is 2.07. The molecule has 0 aliphatic carbocycles. The van der Waals surface area contributed by atoms with Crippen molar-refractivity contribution in [3.63, 3.8) is 0 Å². The summed E-state index contributed by atoms with van der Waals surface area (Å²) in [4.78, 5) is 23.5. The van der Waals surface area contributed by atoms with Crippen molar-refractivity contribution < 1.29 is 14.3 Å². The number of ether oxygens (including phenoxy) is 1. The summed E-state index contributed by atoms with van der Waals surface area (Å²) in [5.74, 6) is -0.511. The molecule has 2 amide bonds. The summed E-state index contributed by atoms with van der Waals surface area (Å²) < 4.78 is 5.87. The van der Waals surface area contributed by atoms with Crippen LogP contribution in [0.25, 0.3) is 0 Å². The monoisotopic (exact) mass is 416 g/mol. The molecule has 0 aliphatic heterocycles. The molecule has 0 fully saturated rings. The van der Waals surface area contributed by atoms with Crippen LogP contribution in [-0.4, -0.2) is 43.2 Å². The Hall–Kier alpha value is -1.71. The van der Waals surface area contributed by atoms with E-state index in [9.17, 15) is 9.59 Å². The summed E-state index contributed by atoms with van der Waals surface area (Å²) in [5.41, 5.74) is 5.59. The van der Waals surface area contributed by atoms with E-state index in [1.54, 1.807) is 31.4 Å². The molecule has 132 valence electrons. The van der Waals surface area contributed by atoms with Crippen LogP contribution in [0.15, 0.2) is 28.7 Å². The van der Waals surface area contributed by atoms with Crippen molar-refractivity contribution in [3.8, 4) is 0 Å². The second kappa shape index (κ2) is 11.0. The lowest BCUT2D eigenvalue weighted by Gasteiger charge is -2.16. The Labute approximate surface area is 155 Å². The molecule has 0 heterocycles. The first-order chi connectivity index (χ1) is 11.4. The molecule has 1 rings (SSSR count). The fraction of sp³-hybridized carbons (Fsp3) is 0.400. The SMILES string of the molecule is COC[C@H](C)NC(=S)NNC(=O)CCNC(=O)c1ccc(Br)cc1. The van der Waals surface area contributed by atoms with Gasteiger partial charge in [0.05, 0.1) is 6.61 Å². The molecule has 0 spiro atoms. The molecule has 1 aromatic rings. The van der Waals surface area contributed by atoms with Crippen molar-refractivity contribution in [1.29, 1.82) is 0 Å². The molecule has 0 unspecified atom stereocenters. The summed E-state index contributed by atoms with van der Waals surface area (Å²) >= 11 is 8.33. The maximum Gasteiger partial charge on any atom is 0.251 e. The predicted molar refractivity (Wildman–Crippen MR) is 99.4 cm³/mol. The van der Waals surface area contributed by atoms with Gasteiger partial charge in [0, 0.05) is 36.2 Å². The van der Waals surface area contributed by atoms with Gasteiger partial charge in [0.15, 0.2) is 5.11 Å². The number of carbonyl (C=O) groups is 2. The number of hydrogen-bond donors (Lipinski definition) is 4. The maximum absolute atomic E-state index is 11.9. The average Bonchev–Trinajstić information content (AvgIpc) is 2.53. The van der Waals surface area contributed by atoms with Gasteiger partial charge in [-0.15, -0.1) is 0 Å². The van der Waals surface area contributed by atoms with Gasteiger partial charge in [0.2, 0.25) is 5.91 Å². The smallest absolute Gasteiger partial charge is 0.251 e. The fourth-order valence-electron chi connectivity index (χ4n) is 1.73. The molecule has 0 saturated carbocycles. The highest BCUT2D eigenvalue weighted by atomic mass is 79.9. The van der Waals surface area contributed by atoms with Crippen LogP contribution in [0.2, 0.25) is 0 Å². The topological polar surface area (TPSA) is 91.5 Å². The highest BCUT2D eigenvalue weighted by Crippen LogP contribution is 2.10. The third-order valence-electron chi connectivity index (χ3n) is 2.85. The van der Waals surface area contributed by atoms with Gasteiger partial charge in [0.25, 0.3) is 5.91 Å². The number of hydrogen-bond acceptors (Lipinski definition) is 4. The largest absolute Gasteiger partial charge is 0.383 e. The maximum atomic E-state index is 11.9. The van der Waals surface area contributed by atoms with Gasteiger partial charge < -0.3 is 15.4 Å². The first-order valence-electron chi connectivity index (χ1n) is 7.30. The number of benzene rings is 1. The normalized spacial score (nSPS) is 11.3. The van der Waals surface area contributed by atoms with E-state index >= 15 is 0 Å². The fourth-order valence-corrected chi connectivity index (χ4v) is 2.25. The summed E-state index contributed by atoms with van der Waals surface area (Å²) in [5, 5.41) is 5.92. The van der Waals surface area contributed by atoms with Crippen LogP contribution in [0.3, 0.4) is 0 Å². The summed E-state index contributed by atoms with van der Waals surface area (Å²) in [6.45, 7) is 2.62. The molecule has 4 N–H and O–H groups in total. The number of nitrogens with one attached hydrogen (secondary N) is 4. The van der Waals surface area contributed by atoms with Gasteiger partial charge in [-0.3, -0.25) is 20.4 Å². The predicted octanol–water partition coefficient (Wildman–Crippen LogP) is 1.10. The van der Waals surface area contributed by atoms with Crippen molar-refractivity contribution >= 4 is 45.1 Å². The Kier molecular flexibility index (Phi) is 9.28. The van der Waals surface area contributed by atoms with Crippen molar-refractivity contribution in [2.45, 2.75) is 19.4 Å². The molecule has 0 aromatic heterocycles. The number of halogens is 1. The lowest BCUT2D eigenvalue weighted by atomic mass is 10.2. The Morgan fingerprint density at radius 1 is 1.25 bits per heavy atom. The van der Waals surface area contributed by atoms with Gasteiger partial charge in [-0.05, 0) is 43.4 Å². The van der Waals surface area contributed by atoms with Crippen molar-refractivity contribution in [2.24, 2.45) is 0 Å². The Balaban J connectivity index is 2.20. The van der Waals surface area contributed by atoms with Crippen molar-refractivity contribution in [1.82, 2.24) is 21.5 Å². The standard InChI is InChI=1S/C15H21BrN4O3S/c1-10(9-23-2)18-15(24)20-19-13(21)7-8-17-14(22)11-3-5-12(16)6-4-11/h3-6,10H,7-9H2,1-2H3,(H,17,22)(H,19,21)(H2,18,20,24)/t10-/m0/s1. The van der Waals surface area contributed by atoms with E-state index in [0.29, 0.717) is 17.3 Å². The number of hydrazine groups is 1. The minimum Gasteiger partial charge on any atom is -0.383 e. The average molecular weight is 417 g/mol. The van der Waals surface area contributed by atoms with Crippen LogP contribution in [0.4, 0.5) is 0 Å². The molecule has 9 heteroatoms. The van der Waals surface area contributed by atoms with E-state index in [1.165, 1.54) is 0 Å². The van der Waals surface area contributed by atoms with Gasteiger partial charge in [-0.1, -0.05) is 15.9 Å². The minimum atomic E-state index is -0.283. The number of amides is 2. The molecule has 0 aliphatic rings. The van der Waals surface area contributed by atoms with Crippen molar-refractivity contribution in [2.75, 3.05) is 20.3 Å². The first kappa shape index (κ1) is 20.3. The minimum absolute atomic E-state index is 0.0251. The summed E-state index contributed by atoms with van der Waals surface area (Å²) in [6.07, 6.45) is 0.130. The Bertz CT molecular complexity index is 568. The van der Waals surface area contributed by atoms with E-state index < -0.39 is 0 Å². The van der Waals surface area contributed by atoms with Crippen LogP contribution in [0, 0.1) is 0 Å². The van der Waals surface area contributed by atoms with E-state index in [0.717, 1.165) is 4.47 Å². The van der Waals surface area contributed by atoms with Crippen LogP contribution in [-0.2, 0) is 9.53 Å². The second-order valence-corrected chi connectivity index (χ2v) is 6.34. The zero-order valence-corrected chi connectivity index (χ0v) is 15.9. The van der Waals surface area contributed by atoms with Gasteiger partial charge in [0.1, 0.15) is 0 Å². The van der Waals surface area contributed by atoms with Gasteiger partial charge in [-0.2, -0.15) is 0 Å². The van der Waals surface area contributed by atoms with Crippen LogP contribution in [0.5, 0.6) is 0 Å². The second-order valence-electron chi connectivity index (χ2n) is 5.02.